The normalized spacial score (nSPS) is 10.3. The van der Waals surface area contributed by atoms with Crippen LogP contribution >= 0.6 is 24.2 Å². The van der Waals surface area contributed by atoms with Gasteiger partial charge in [-0.1, -0.05) is 12.1 Å². The number of anilines is 2. The summed E-state index contributed by atoms with van der Waals surface area (Å²) >= 11 is 1.73. The van der Waals surface area contributed by atoms with E-state index in [-0.39, 0.29) is 17.9 Å². The van der Waals surface area contributed by atoms with Gasteiger partial charge in [-0.3, -0.25) is 4.98 Å². The maximum absolute atomic E-state index is 4.66. The highest BCUT2D eigenvalue weighted by molar-refractivity contribution is 7.98. The molecule has 130 valence electrons. The Morgan fingerprint density at radius 1 is 1.04 bits per heavy atom. The Labute approximate surface area is 156 Å². The number of pyridine rings is 1. The van der Waals surface area contributed by atoms with Crippen LogP contribution in [-0.2, 0) is 0 Å². The van der Waals surface area contributed by atoms with Gasteiger partial charge in [0.25, 0.3) is 0 Å². The Morgan fingerprint density at radius 3 is 2.60 bits per heavy atom. The summed E-state index contributed by atoms with van der Waals surface area (Å²) in [6.45, 7) is 2.02. The summed E-state index contributed by atoms with van der Waals surface area (Å²) < 4.78 is 0. The van der Waals surface area contributed by atoms with Crippen LogP contribution in [0.1, 0.15) is 5.69 Å². The molecule has 0 saturated heterocycles. The van der Waals surface area contributed by atoms with Crippen LogP contribution in [0.4, 0.5) is 11.4 Å². The minimum absolute atomic E-state index is 0. The molecule has 0 radical (unpaired) electrons. The number of rotatable bonds is 3. The molecule has 0 amide bonds. The van der Waals surface area contributed by atoms with Gasteiger partial charge >= 0.3 is 0 Å². The monoisotopic (exact) mass is 374 g/mol. The average Bonchev–Trinajstić information content (AvgIpc) is 3.03. The molecule has 0 aliphatic carbocycles. The van der Waals surface area contributed by atoms with Crippen molar-refractivity contribution < 1.29 is 5.48 Å². The molecule has 4 rings (SSSR count). The van der Waals surface area contributed by atoms with E-state index in [4.69, 9.17) is 0 Å². The van der Waals surface area contributed by atoms with Crippen LogP contribution in [0.3, 0.4) is 0 Å². The van der Waals surface area contributed by atoms with Crippen molar-refractivity contribution in [3.05, 3.63) is 54.5 Å². The van der Waals surface area contributed by atoms with Gasteiger partial charge in [-0.25, -0.2) is 4.98 Å². The molecule has 0 aliphatic rings. The zero-order valence-electron chi connectivity index (χ0n) is 13.8. The van der Waals surface area contributed by atoms with E-state index in [1.807, 2.05) is 25.1 Å². The van der Waals surface area contributed by atoms with E-state index in [1.165, 1.54) is 4.90 Å². The van der Waals surface area contributed by atoms with Crippen LogP contribution in [0.2, 0.25) is 0 Å². The van der Waals surface area contributed by atoms with Gasteiger partial charge < -0.3 is 15.8 Å². The SMILES string of the molecule is CSc1ccccc1Nc1cc(C)nc2ccc3nc[nH]c3c12.Cl.O. The van der Waals surface area contributed by atoms with E-state index in [1.54, 1.807) is 18.1 Å². The Bertz CT molecular complexity index is 1020. The largest absolute Gasteiger partial charge is 0.412 e. The number of nitrogens with zero attached hydrogens (tertiary/aromatic N) is 2. The zero-order valence-corrected chi connectivity index (χ0v) is 15.5. The third kappa shape index (κ3) is 3.42. The van der Waals surface area contributed by atoms with Crippen molar-refractivity contribution in [1.82, 2.24) is 15.0 Å². The van der Waals surface area contributed by atoms with Gasteiger partial charge in [0, 0.05) is 16.0 Å². The molecular weight excluding hydrogens is 356 g/mol. The third-order valence-electron chi connectivity index (χ3n) is 3.87. The average molecular weight is 375 g/mol. The molecule has 0 unspecified atom stereocenters. The lowest BCUT2D eigenvalue weighted by molar-refractivity contribution is 0.824. The van der Waals surface area contributed by atoms with Crippen LogP contribution in [-0.4, -0.2) is 26.7 Å². The second-order valence-electron chi connectivity index (χ2n) is 5.39. The highest BCUT2D eigenvalue weighted by Crippen LogP contribution is 2.34. The summed E-state index contributed by atoms with van der Waals surface area (Å²) in [5.41, 5.74) is 6.06. The lowest BCUT2D eigenvalue weighted by Crippen LogP contribution is -1.96. The van der Waals surface area contributed by atoms with Gasteiger partial charge in [0.15, 0.2) is 0 Å². The number of aryl methyl sites for hydroxylation is 1. The smallest absolute Gasteiger partial charge is 0.0932 e. The molecule has 0 atom stereocenters. The minimum Gasteiger partial charge on any atom is -0.412 e. The molecule has 0 spiro atoms. The molecule has 0 saturated carbocycles. The number of aromatic nitrogens is 3. The number of halogens is 1. The number of imidazole rings is 1. The van der Waals surface area contributed by atoms with E-state index in [0.29, 0.717) is 0 Å². The van der Waals surface area contributed by atoms with E-state index in [9.17, 15) is 0 Å². The van der Waals surface area contributed by atoms with Crippen molar-refractivity contribution in [2.45, 2.75) is 11.8 Å². The highest BCUT2D eigenvalue weighted by atomic mass is 35.5. The molecule has 0 fully saturated rings. The molecule has 2 aromatic carbocycles. The van der Waals surface area contributed by atoms with Crippen molar-refractivity contribution in [3.8, 4) is 0 Å². The fourth-order valence-corrected chi connectivity index (χ4v) is 3.42. The van der Waals surface area contributed by atoms with E-state index in [0.717, 1.165) is 39.0 Å². The van der Waals surface area contributed by atoms with Crippen LogP contribution in [0.25, 0.3) is 21.9 Å². The Hall–Kier alpha value is -2.28. The number of benzene rings is 2. The van der Waals surface area contributed by atoms with Crippen molar-refractivity contribution in [2.75, 3.05) is 11.6 Å². The van der Waals surface area contributed by atoms with Crippen LogP contribution in [0, 0.1) is 6.92 Å². The van der Waals surface area contributed by atoms with E-state index >= 15 is 0 Å². The van der Waals surface area contributed by atoms with Crippen LogP contribution in [0.15, 0.2) is 53.7 Å². The second-order valence-corrected chi connectivity index (χ2v) is 6.24. The fourth-order valence-electron chi connectivity index (χ4n) is 2.86. The predicted octanol–water partition coefficient (Wildman–Crippen LogP) is 4.48. The van der Waals surface area contributed by atoms with Crippen molar-refractivity contribution in [3.63, 3.8) is 0 Å². The molecule has 2 aromatic heterocycles. The Balaban J connectivity index is 0.00000113. The van der Waals surface area contributed by atoms with Gasteiger partial charge in [0.05, 0.1) is 34.3 Å². The summed E-state index contributed by atoms with van der Waals surface area (Å²) in [6, 6.07) is 14.4. The van der Waals surface area contributed by atoms with E-state index in [2.05, 4.69) is 50.8 Å². The first-order valence-corrected chi connectivity index (χ1v) is 8.62. The number of fused-ring (bicyclic) bond motifs is 3. The summed E-state index contributed by atoms with van der Waals surface area (Å²) in [5.74, 6) is 0. The number of para-hydroxylation sites is 1. The molecule has 25 heavy (non-hydrogen) atoms. The topological polar surface area (TPSA) is 85.1 Å². The number of hydrogen-bond acceptors (Lipinski definition) is 4. The maximum atomic E-state index is 4.66. The Morgan fingerprint density at radius 2 is 1.80 bits per heavy atom. The highest BCUT2D eigenvalue weighted by Gasteiger charge is 2.11. The zero-order chi connectivity index (χ0) is 15.8. The lowest BCUT2D eigenvalue weighted by Gasteiger charge is -2.14. The maximum Gasteiger partial charge on any atom is 0.0932 e. The predicted molar refractivity (Wildman–Crippen MR) is 108 cm³/mol. The first-order valence-electron chi connectivity index (χ1n) is 7.40. The van der Waals surface area contributed by atoms with Crippen molar-refractivity contribution >= 4 is 57.5 Å². The van der Waals surface area contributed by atoms with Crippen molar-refractivity contribution in [2.24, 2.45) is 0 Å². The number of nitrogens with one attached hydrogen (secondary N) is 2. The fraction of sp³-hybridized carbons (Fsp3) is 0.111. The third-order valence-corrected chi connectivity index (χ3v) is 4.67. The summed E-state index contributed by atoms with van der Waals surface area (Å²) in [7, 11) is 0. The first-order chi connectivity index (χ1) is 11.3. The summed E-state index contributed by atoms with van der Waals surface area (Å²) in [5, 5.41) is 4.65. The summed E-state index contributed by atoms with van der Waals surface area (Å²) in [4.78, 5) is 13.5. The molecule has 4 aromatic rings. The number of thioether (sulfide) groups is 1. The van der Waals surface area contributed by atoms with Crippen LogP contribution < -0.4 is 5.32 Å². The molecule has 5 nitrogen and oxygen atoms in total. The molecule has 4 N–H and O–H groups in total. The van der Waals surface area contributed by atoms with Gasteiger partial charge in [-0.2, -0.15) is 0 Å². The van der Waals surface area contributed by atoms with Crippen molar-refractivity contribution in [1.29, 1.82) is 0 Å². The lowest BCUT2D eigenvalue weighted by atomic mass is 10.1. The number of H-pyrrole nitrogens is 1. The van der Waals surface area contributed by atoms with Gasteiger partial charge in [0.2, 0.25) is 0 Å². The molecule has 7 heteroatoms. The second kappa shape index (κ2) is 7.74. The van der Waals surface area contributed by atoms with E-state index < -0.39 is 0 Å². The van der Waals surface area contributed by atoms with Gasteiger partial charge in [-0.05, 0) is 43.5 Å². The molecule has 0 bridgehead atoms. The Kier molecular flexibility index (Phi) is 5.89. The number of aromatic amines is 1. The minimum atomic E-state index is 0. The summed E-state index contributed by atoms with van der Waals surface area (Å²) in [6.07, 6.45) is 3.81. The van der Waals surface area contributed by atoms with Gasteiger partial charge in [-0.15, -0.1) is 24.2 Å². The van der Waals surface area contributed by atoms with Crippen LogP contribution in [0.5, 0.6) is 0 Å². The van der Waals surface area contributed by atoms with Gasteiger partial charge in [0.1, 0.15) is 0 Å². The quantitative estimate of drug-likeness (QED) is 0.517. The molecular formula is C18H19ClN4OS. The molecule has 0 aliphatic heterocycles. The molecule has 2 heterocycles. The standard InChI is InChI=1S/C18H16N4S.ClH.H2O/c1-11-9-15(22-12-5-3-4-6-16(12)23-2)17-13(21-11)7-8-14-18(17)20-10-19-14;;/h3-10H,1-2H3,(H,19,20)(H,21,22);1H;1H2. The number of hydrogen-bond donors (Lipinski definition) is 2. The first kappa shape index (κ1) is 19.1.